The Labute approximate surface area is 126 Å². The molecule has 4 atom stereocenters. The minimum absolute atomic E-state index is 0.519. The monoisotopic (exact) mass is 280 g/mol. The average Bonchev–Trinajstić information content (AvgIpc) is 2.40. The summed E-state index contributed by atoms with van der Waals surface area (Å²) in [6, 6.07) is 2.25. The van der Waals surface area contributed by atoms with Gasteiger partial charge in [0.25, 0.3) is 0 Å². The predicted molar refractivity (Wildman–Crippen MR) is 88.1 cm³/mol. The molecular formula is C18H36N2. The largest absolute Gasteiger partial charge is 0.313 e. The average molecular weight is 280 g/mol. The van der Waals surface area contributed by atoms with Gasteiger partial charge in [0.05, 0.1) is 0 Å². The molecular weight excluding hydrogens is 244 g/mol. The summed E-state index contributed by atoms with van der Waals surface area (Å²) in [5, 5.41) is 3.76. The second-order valence-electron chi connectivity index (χ2n) is 8.23. The first-order chi connectivity index (χ1) is 9.43. The Morgan fingerprint density at radius 2 is 1.95 bits per heavy atom. The van der Waals surface area contributed by atoms with Gasteiger partial charge in [-0.25, -0.2) is 0 Å². The van der Waals surface area contributed by atoms with E-state index >= 15 is 0 Å². The van der Waals surface area contributed by atoms with Crippen molar-refractivity contribution >= 4 is 0 Å². The van der Waals surface area contributed by atoms with Crippen LogP contribution in [0.3, 0.4) is 0 Å². The van der Waals surface area contributed by atoms with Crippen molar-refractivity contribution in [2.24, 2.45) is 11.3 Å². The summed E-state index contributed by atoms with van der Waals surface area (Å²) in [4.78, 5) is 2.75. The summed E-state index contributed by atoms with van der Waals surface area (Å²) in [5.41, 5.74) is 0.519. The first kappa shape index (κ1) is 16.3. The third kappa shape index (κ3) is 3.98. The Hall–Kier alpha value is -0.0800. The van der Waals surface area contributed by atoms with Crippen molar-refractivity contribution in [3.8, 4) is 0 Å². The van der Waals surface area contributed by atoms with E-state index in [1.165, 1.54) is 44.9 Å². The third-order valence-corrected chi connectivity index (χ3v) is 5.83. The van der Waals surface area contributed by atoms with E-state index in [1.54, 1.807) is 0 Å². The lowest BCUT2D eigenvalue weighted by Gasteiger charge is -2.48. The molecule has 0 amide bonds. The standard InChI is InChI=1S/C18H36N2/c1-6-19-16-10-11-18(3,4)13-17(16)20(5)15-9-7-8-14(2)12-15/h14-17,19H,6-13H2,1-5H3. The maximum atomic E-state index is 3.76. The molecule has 0 bridgehead atoms. The normalized spacial score (nSPS) is 38.1. The fourth-order valence-corrected chi connectivity index (χ4v) is 4.52. The highest BCUT2D eigenvalue weighted by molar-refractivity contribution is 4.95. The smallest absolute Gasteiger partial charge is 0.0254 e. The maximum absolute atomic E-state index is 3.76. The summed E-state index contributed by atoms with van der Waals surface area (Å²) in [6.45, 7) is 10.7. The van der Waals surface area contributed by atoms with Crippen LogP contribution in [0, 0.1) is 11.3 Å². The molecule has 2 rings (SSSR count). The third-order valence-electron chi connectivity index (χ3n) is 5.83. The van der Waals surface area contributed by atoms with Crippen LogP contribution in [0.25, 0.3) is 0 Å². The lowest BCUT2D eigenvalue weighted by Crippen LogP contribution is -2.56. The van der Waals surface area contributed by atoms with E-state index in [2.05, 4.69) is 45.0 Å². The van der Waals surface area contributed by atoms with E-state index in [9.17, 15) is 0 Å². The number of rotatable bonds is 4. The minimum atomic E-state index is 0.519. The number of hydrogen-bond acceptors (Lipinski definition) is 2. The van der Waals surface area contributed by atoms with E-state index in [0.29, 0.717) is 11.5 Å². The van der Waals surface area contributed by atoms with Crippen LogP contribution in [0.1, 0.15) is 72.6 Å². The molecule has 2 aliphatic carbocycles. The fourth-order valence-electron chi connectivity index (χ4n) is 4.52. The lowest BCUT2D eigenvalue weighted by molar-refractivity contribution is 0.0367. The Kier molecular flexibility index (Phi) is 5.53. The molecule has 0 aliphatic heterocycles. The number of likely N-dealkylation sites (N-methyl/N-ethyl adjacent to an activating group) is 2. The molecule has 0 aromatic heterocycles. The van der Waals surface area contributed by atoms with E-state index < -0.39 is 0 Å². The fraction of sp³-hybridized carbons (Fsp3) is 1.00. The molecule has 0 aromatic carbocycles. The van der Waals surface area contributed by atoms with Gasteiger partial charge in [-0.15, -0.1) is 0 Å². The molecule has 2 saturated carbocycles. The van der Waals surface area contributed by atoms with Crippen molar-refractivity contribution in [2.75, 3.05) is 13.6 Å². The van der Waals surface area contributed by atoms with Crippen LogP contribution in [0.15, 0.2) is 0 Å². The van der Waals surface area contributed by atoms with Gasteiger partial charge < -0.3 is 5.32 Å². The molecule has 118 valence electrons. The van der Waals surface area contributed by atoms with Gasteiger partial charge in [-0.05, 0) is 57.0 Å². The van der Waals surface area contributed by atoms with Crippen LogP contribution >= 0.6 is 0 Å². The summed E-state index contributed by atoms with van der Waals surface area (Å²) in [5.74, 6) is 0.922. The Morgan fingerprint density at radius 1 is 1.20 bits per heavy atom. The minimum Gasteiger partial charge on any atom is -0.313 e. The zero-order valence-electron chi connectivity index (χ0n) is 14.4. The molecule has 0 saturated heterocycles. The highest BCUT2D eigenvalue weighted by atomic mass is 15.2. The zero-order chi connectivity index (χ0) is 14.8. The van der Waals surface area contributed by atoms with Crippen LogP contribution in [0.4, 0.5) is 0 Å². The van der Waals surface area contributed by atoms with Gasteiger partial charge in [-0.3, -0.25) is 4.90 Å². The molecule has 4 unspecified atom stereocenters. The molecule has 0 aromatic rings. The summed E-state index contributed by atoms with van der Waals surface area (Å²) in [6.07, 6.45) is 9.76. The van der Waals surface area contributed by atoms with Crippen molar-refractivity contribution < 1.29 is 0 Å². The predicted octanol–water partition coefficient (Wildman–Crippen LogP) is 4.05. The van der Waals surface area contributed by atoms with Gasteiger partial charge in [0.2, 0.25) is 0 Å². The van der Waals surface area contributed by atoms with Gasteiger partial charge in [0.1, 0.15) is 0 Å². The molecule has 2 aliphatic rings. The number of nitrogens with one attached hydrogen (secondary N) is 1. The van der Waals surface area contributed by atoms with Gasteiger partial charge in [0, 0.05) is 18.1 Å². The van der Waals surface area contributed by atoms with Crippen molar-refractivity contribution in [1.82, 2.24) is 10.2 Å². The molecule has 2 heteroatoms. The second kappa shape index (κ2) is 6.79. The van der Waals surface area contributed by atoms with Crippen molar-refractivity contribution in [1.29, 1.82) is 0 Å². The van der Waals surface area contributed by atoms with Crippen LogP contribution in [-0.4, -0.2) is 36.6 Å². The maximum Gasteiger partial charge on any atom is 0.0254 e. The molecule has 2 fully saturated rings. The Morgan fingerprint density at radius 3 is 2.60 bits per heavy atom. The van der Waals surface area contributed by atoms with Gasteiger partial charge in [0.15, 0.2) is 0 Å². The SMILES string of the molecule is CCNC1CCC(C)(C)CC1N(C)C1CCCC(C)C1. The summed E-state index contributed by atoms with van der Waals surface area (Å²) >= 11 is 0. The first-order valence-corrected chi connectivity index (χ1v) is 8.88. The first-order valence-electron chi connectivity index (χ1n) is 8.88. The quantitative estimate of drug-likeness (QED) is 0.835. The molecule has 0 spiro atoms. The van der Waals surface area contributed by atoms with Gasteiger partial charge in [-0.1, -0.05) is 40.5 Å². The Balaban J connectivity index is 2.04. The van der Waals surface area contributed by atoms with E-state index in [0.717, 1.165) is 24.5 Å². The summed E-state index contributed by atoms with van der Waals surface area (Å²) in [7, 11) is 2.40. The van der Waals surface area contributed by atoms with Crippen LogP contribution in [-0.2, 0) is 0 Å². The number of hydrogen-bond donors (Lipinski definition) is 1. The van der Waals surface area contributed by atoms with Crippen LogP contribution in [0.5, 0.6) is 0 Å². The Bertz CT molecular complexity index is 300. The lowest BCUT2D eigenvalue weighted by atomic mass is 9.71. The van der Waals surface area contributed by atoms with Crippen molar-refractivity contribution in [3.05, 3.63) is 0 Å². The second-order valence-corrected chi connectivity index (χ2v) is 8.23. The summed E-state index contributed by atoms with van der Waals surface area (Å²) < 4.78 is 0. The van der Waals surface area contributed by atoms with Gasteiger partial charge >= 0.3 is 0 Å². The van der Waals surface area contributed by atoms with E-state index in [-0.39, 0.29) is 0 Å². The molecule has 0 radical (unpaired) electrons. The highest BCUT2D eigenvalue weighted by Gasteiger charge is 2.39. The molecule has 1 N–H and O–H groups in total. The molecule has 2 nitrogen and oxygen atoms in total. The number of nitrogens with zero attached hydrogens (tertiary/aromatic N) is 1. The van der Waals surface area contributed by atoms with E-state index in [1.807, 2.05) is 0 Å². The van der Waals surface area contributed by atoms with Crippen LogP contribution in [0.2, 0.25) is 0 Å². The highest BCUT2D eigenvalue weighted by Crippen LogP contribution is 2.39. The van der Waals surface area contributed by atoms with Crippen molar-refractivity contribution in [2.45, 2.75) is 90.8 Å². The van der Waals surface area contributed by atoms with E-state index in [4.69, 9.17) is 0 Å². The topological polar surface area (TPSA) is 15.3 Å². The van der Waals surface area contributed by atoms with Crippen LogP contribution < -0.4 is 5.32 Å². The van der Waals surface area contributed by atoms with Gasteiger partial charge in [-0.2, -0.15) is 0 Å². The van der Waals surface area contributed by atoms with Crippen molar-refractivity contribution in [3.63, 3.8) is 0 Å². The molecule has 0 heterocycles. The molecule has 20 heavy (non-hydrogen) atoms. The zero-order valence-corrected chi connectivity index (χ0v) is 14.4.